The predicted octanol–water partition coefficient (Wildman–Crippen LogP) is 6.50. The van der Waals surface area contributed by atoms with E-state index in [-0.39, 0.29) is 57.4 Å². The molecule has 1 aliphatic heterocycles. The fourth-order valence-corrected chi connectivity index (χ4v) is 8.19. The first-order chi connectivity index (χ1) is 24.5. The van der Waals surface area contributed by atoms with Gasteiger partial charge in [0.25, 0.3) is 0 Å². The first-order valence-electron chi connectivity index (χ1n) is 16.8. The third-order valence-corrected chi connectivity index (χ3v) is 11.6. The number of aromatic nitrogens is 1. The van der Waals surface area contributed by atoms with Gasteiger partial charge in [0.15, 0.2) is 11.5 Å². The predicted molar refractivity (Wildman–Crippen MR) is 187 cm³/mol. The summed E-state index contributed by atoms with van der Waals surface area (Å²) in [5.41, 5.74) is 0.674. The molecule has 51 heavy (non-hydrogen) atoms. The van der Waals surface area contributed by atoms with Crippen molar-refractivity contribution in [2.45, 2.75) is 44.8 Å². The number of aromatic hydroxyl groups is 1. The average Bonchev–Trinajstić information content (AvgIpc) is 4.04. The van der Waals surface area contributed by atoms with Gasteiger partial charge in [-0.25, -0.2) is 13.2 Å². The van der Waals surface area contributed by atoms with E-state index in [1.54, 1.807) is 0 Å². The van der Waals surface area contributed by atoms with Crippen LogP contribution in [0.1, 0.15) is 53.3 Å². The second-order valence-corrected chi connectivity index (χ2v) is 15.7. The molecule has 2 heterocycles. The van der Waals surface area contributed by atoms with Gasteiger partial charge in [-0.2, -0.15) is 8.78 Å². The van der Waals surface area contributed by atoms with Gasteiger partial charge in [-0.1, -0.05) is 29.3 Å². The number of anilines is 1. The van der Waals surface area contributed by atoms with E-state index in [4.69, 9.17) is 42.1 Å². The third-order valence-electron chi connectivity index (χ3n) is 9.01. The molecule has 1 aromatic heterocycles. The summed E-state index contributed by atoms with van der Waals surface area (Å²) in [6, 6.07) is 8.22. The number of nitrogens with zero attached hydrogens (tertiary/aromatic N) is 3. The lowest BCUT2D eigenvalue weighted by atomic mass is 10.0. The first kappa shape index (κ1) is 37.3. The normalized spacial score (nSPS) is 17.3. The van der Waals surface area contributed by atoms with Crippen molar-refractivity contribution in [1.29, 1.82) is 0 Å². The smallest absolute Gasteiger partial charge is 0.387 e. The Labute approximate surface area is 305 Å². The minimum Gasteiger partial charge on any atom is -0.507 e. The van der Waals surface area contributed by atoms with Crippen LogP contribution < -0.4 is 13.8 Å². The van der Waals surface area contributed by atoms with Crippen molar-refractivity contribution >= 4 is 44.9 Å². The van der Waals surface area contributed by atoms with Crippen molar-refractivity contribution < 1.29 is 46.0 Å². The zero-order valence-electron chi connectivity index (χ0n) is 27.7. The zero-order valence-corrected chi connectivity index (χ0v) is 30.0. The van der Waals surface area contributed by atoms with E-state index in [0.29, 0.717) is 56.5 Å². The number of benzene rings is 2. The highest BCUT2D eigenvalue weighted by atomic mass is 35.5. The van der Waals surface area contributed by atoms with Gasteiger partial charge in [-0.15, -0.1) is 0 Å². The fraction of sp³-hybridized carbons (Fsp3) is 0.486. The fourth-order valence-electron chi connectivity index (χ4n) is 5.76. The van der Waals surface area contributed by atoms with Crippen molar-refractivity contribution in [1.82, 2.24) is 9.88 Å². The number of morpholine rings is 1. The molecule has 3 aliphatic rings. The number of phenolic OH excluding ortho intramolecular Hbond substituents is 1. The van der Waals surface area contributed by atoms with Crippen LogP contribution in [0.5, 0.6) is 17.2 Å². The molecule has 3 aromatic rings. The third kappa shape index (κ3) is 10.1. The Kier molecular flexibility index (Phi) is 12.1. The van der Waals surface area contributed by atoms with Crippen LogP contribution >= 0.6 is 23.2 Å². The molecule has 0 amide bonds. The molecule has 16 heteroatoms. The van der Waals surface area contributed by atoms with Crippen LogP contribution in [0.4, 0.5) is 14.5 Å². The Morgan fingerprint density at radius 1 is 1.02 bits per heavy atom. The largest absolute Gasteiger partial charge is 0.507 e. The van der Waals surface area contributed by atoms with E-state index in [0.717, 1.165) is 25.7 Å². The molecule has 0 spiro atoms. The number of phenols is 1. The molecule has 2 aromatic carbocycles. The van der Waals surface area contributed by atoms with Gasteiger partial charge in [0.1, 0.15) is 17.4 Å². The molecule has 1 N–H and O–H groups in total. The van der Waals surface area contributed by atoms with Gasteiger partial charge in [-0.3, -0.25) is 14.2 Å². The Hall–Kier alpha value is -3.43. The highest BCUT2D eigenvalue weighted by molar-refractivity contribution is 7.92. The Bertz CT molecular complexity index is 1790. The van der Waals surface area contributed by atoms with E-state index < -0.39 is 34.5 Å². The lowest BCUT2D eigenvalue weighted by Gasteiger charge is -2.31. The monoisotopic (exact) mass is 769 g/mol. The van der Waals surface area contributed by atoms with E-state index in [1.807, 2.05) is 0 Å². The van der Waals surface area contributed by atoms with Crippen molar-refractivity contribution in [3.05, 3.63) is 75.5 Å². The minimum atomic E-state index is -3.78. The molecule has 2 saturated carbocycles. The van der Waals surface area contributed by atoms with E-state index >= 15 is 0 Å². The zero-order chi connectivity index (χ0) is 36.1. The number of hydrogen-bond acceptors (Lipinski definition) is 10. The molecule has 1 atom stereocenters. The minimum absolute atomic E-state index is 0.0251. The summed E-state index contributed by atoms with van der Waals surface area (Å²) in [5.74, 6) is -1.20. The molecular formula is C35H39Cl2F2N3O8S. The number of sulfonamides is 1. The second-order valence-electron chi connectivity index (χ2n) is 13.0. The van der Waals surface area contributed by atoms with Gasteiger partial charge < -0.3 is 24.1 Å². The molecule has 0 unspecified atom stereocenters. The highest BCUT2D eigenvalue weighted by Gasteiger charge is 2.34. The van der Waals surface area contributed by atoms with Crippen LogP contribution in [0, 0.1) is 11.8 Å². The SMILES string of the molecule is O=C(O[C@@H](Cc1c(Cl)cncc1Cl)c1ccc(OC(F)F)c(OCC2CC2)c1)c1cc(N(CCN2CCOCC2)S(=O)(=O)CC2CC2)ccc1O. The van der Waals surface area contributed by atoms with Crippen LogP contribution in [0.2, 0.25) is 10.0 Å². The number of halogens is 4. The van der Waals surface area contributed by atoms with Crippen LogP contribution in [-0.4, -0.2) is 87.7 Å². The summed E-state index contributed by atoms with van der Waals surface area (Å²) in [6.45, 7) is 0.208. The number of esters is 1. The second kappa shape index (κ2) is 16.5. The highest BCUT2D eigenvalue weighted by Crippen LogP contribution is 2.39. The van der Waals surface area contributed by atoms with Crippen LogP contribution in [0.25, 0.3) is 0 Å². The Balaban J connectivity index is 1.31. The number of rotatable bonds is 17. The van der Waals surface area contributed by atoms with E-state index in [1.165, 1.54) is 53.1 Å². The number of pyridine rings is 1. The maximum atomic E-state index is 13.9. The molecule has 2 aliphatic carbocycles. The van der Waals surface area contributed by atoms with Crippen molar-refractivity contribution in [3.63, 3.8) is 0 Å². The number of hydrogen-bond donors (Lipinski definition) is 1. The maximum Gasteiger partial charge on any atom is 0.387 e. The maximum absolute atomic E-state index is 13.9. The molecular weight excluding hydrogens is 731 g/mol. The quantitative estimate of drug-likeness (QED) is 0.152. The van der Waals surface area contributed by atoms with E-state index in [9.17, 15) is 27.1 Å². The van der Waals surface area contributed by atoms with Gasteiger partial charge in [-0.05, 0) is 79.0 Å². The molecule has 6 rings (SSSR count). The van der Waals surface area contributed by atoms with Crippen LogP contribution in [0.3, 0.4) is 0 Å². The molecule has 276 valence electrons. The number of ether oxygens (including phenoxy) is 4. The standard InChI is InChI=1S/C35H39Cl2F2N3O8S/c36-28-18-40-19-29(37)26(28)17-32(24-5-8-31(50-35(38)39)33(15-24)48-20-22-1-2-22)49-34(44)27-16-25(6-7-30(27)43)42(51(45,46)21-23-3-4-23)10-9-41-11-13-47-14-12-41/h5-8,15-16,18-19,22-23,32,35,43H,1-4,9-14,17,20-21H2/t32-/m0/s1. The van der Waals surface area contributed by atoms with Crippen molar-refractivity contribution in [2.24, 2.45) is 11.8 Å². The molecule has 1 saturated heterocycles. The van der Waals surface area contributed by atoms with E-state index in [2.05, 4.69) is 9.88 Å². The van der Waals surface area contributed by atoms with Gasteiger partial charge >= 0.3 is 12.6 Å². The number of carbonyl (C=O) groups is 1. The van der Waals surface area contributed by atoms with Crippen LogP contribution in [-0.2, 0) is 25.9 Å². The summed E-state index contributed by atoms with van der Waals surface area (Å²) in [6.07, 6.45) is 5.15. The average molecular weight is 771 g/mol. The van der Waals surface area contributed by atoms with Crippen LogP contribution in [0.15, 0.2) is 48.8 Å². The molecule has 0 radical (unpaired) electrons. The topological polar surface area (TPSA) is 128 Å². The summed E-state index contributed by atoms with van der Waals surface area (Å²) < 4.78 is 77.2. The lowest BCUT2D eigenvalue weighted by molar-refractivity contribution is -0.0515. The summed E-state index contributed by atoms with van der Waals surface area (Å²) in [5, 5.41) is 11.3. The summed E-state index contributed by atoms with van der Waals surface area (Å²) in [7, 11) is -3.78. The van der Waals surface area contributed by atoms with Gasteiger partial charge in [0.05, 0.1) is 41.3 Å². The van der Waals surface area contributed by atoms with Crippen molar-refractivity contribution in [3.8, 4) is 17.2 Å². The molecule has 0 bridgehead atoms. The van der Waals surface area contributed by atoms with Gasteiger partial charge in [0, 0.05) is 45.0 Å². The molecule has 3 fully saturated rings. The molecule has 11 nitrogen and oxygen atoms in total. The number of carbonyl (C=O) groups excluding carboxylic acids is 1. The van der Waals surface area contributed by atoms with Crippen molar-refractivity contribution in [2.75, 3.05) is 56.1 Å². The Morgan fingerprint density at radius 3 is 2.39 bits per heavy atom. The number of alkyl halides is 2. The summed E-state index contributed by atoms with van der Waals surface area (Å²) >= 11 is 12.9. The Morgan fingerprint density at radius 2 is 1.73 bits per heavy atom. The first-order valence-corrected chi connectivity index (χ1v) is 19.2. The summed E-state index contributed by atoms with van der Waals surface area (Å²) in [4.78, 5) is 20.0. The lowest BCUT2D eigenvalue weighted by Crippen LogP contribution is -2.44. The van der Waals surface area contributed by atoms with Gasteiger partial charge in [0.2, 0.25) is 10.0 Å².